The van der Waals surface area contributed by atoms with E-state index in [1.165, 1.54) is 0 Å². The van der Waals surface area contributed by atoms with E-state index in [0.717, 1.165) is 16.9 Å². The van der Waals surface area contributed by atoms with E-state index in [1.807, 2.05) is 32.1 Å². The normalized spacial score (nSPS) is 30.5. The molecule has 0 bridgehead atoms. The lowest BCUT2D eigenvalue weighted by Crippen LogP contribution is -2.50. The zero-order chi connectivity index (χ0) is 20.5. The summed E-state index contributed by atoms with van der Waals surface area (Å²) in [7, 11) is 0. The van der Waals surface area contributed by atoms with E-state index in [1.54, 1.807) is 12.1 Å². The van der Waals surface area contributed by atoms with Gasteiger partial charge in [-0.15, -0.1) is 0 Å². The van der Waals surface area contributed by atoms with E-state index in [2.05, 4.69) is 11.4 Å². The molecule has 3 N–H and O–H groups in total. The van der Waals surface area contributed by atoms with Gasteiger partial charge in [0.05, 0.1) is 5.41 Å². The van der Waals surface area contributed by atoms with Crippen LogP contribution in [0.5, 0.6) is 0 Å². The van der Waals surface area contributed by atoms with Gasteiger partial charge in [0.15, 0.2) is 0 Å². The second-order valence-electron chi connectivity index (χ2n) is 8.11. The Balaban J connectivity index is 2.24. The summed E-state index contributed by atoms with van der Waals surface area (Å²) in [6, 6.07) is 5.28. The lowest BCUT2D eigenvalue weighted by atomic mass is 9.56. The molecule has 1 aliphatic heterocycles. The van der Waals surface area contributed by atoms with Crippen LogP contribution in [-0.2, 0) is 15.0 Å². The molecule has 4 atom stereocenters. The highest BCUT2D eigenvalue weighted by Crippen LogP contribution is 2.50. The van der Waals surface area contributed by atoms with Crippen LogP contribution >= 0.6 is 23.2 Å². The number of anilines is 1. The van der Waals surface area contributed by atoms with Crippen molar-refractivity contribution in [2.24, 2.45) is 23.7 Å². The summed E-state index contributed by atoms with van der Waals surface area (Å²) in [6.45, 7) is 4.49. The van der Waals surface area contributed by atoms with Gasteiger partial charge < -0.3 is 15.8 Å². The van der Waals surface area contributed by atoms with Crippen LogP contribution in [0.4, 0.5) is 5.69 Å². The Hall–Kier alpha value is -1.78. The molecule has 1 aromatic carbocycles. The number of carbonyl (C=O) groups excluding carboxylic acids is 2. The number of benzene rings is 1. The highest BCUT2D eigenvalue weighted by atomic mass is 35.5. The maximum Gasteiger partial charge on any atom is 0.220 e. The average Bonchev–Trinajstić information content (AvgIpc) is 2.79. The van der Waals surface area contributed by atoms with Crippen LogP contribution in [0.1, 0.15) is 32.3 Å². The van der Waals surface area contributed by atoms with Crippen molar-refractivity contribution in [1.29, 1.82) is 0 Å². The van der Waals surface area contributed by atoms with Crippen LogP contribution in [0, 0.1) is 23.7 Å². The third-order valence-electron chi connectivity index (χ3n) is 6.21. The summed E-state index contributed by atoms with van der Waals surface area (Å²) in [5, 5.41) is 4.28. The monoisotopic (exact) mass is 420 g/mol. The predicted molar refractivity (Wildman–Crippen MR) is 114 cm³/mol. The third kappa shape index (κ3) is 3.72. The van der Waals surface area contributed by atoms with Gasteiger partial charge in [0.25, 0.3) is 0 Å². The highest BCUT2D eigenvalue weighted by Gasteiger charge is 2.53. The van der Waals surface area contributed by atoms with Crippen LogP contribution in [0.25, 0.3) is 0 Å². The van der Waals surface area contributed by atoms with Crippen LogP contribution < -0.4 is 11.1 Å². The van der Waals surface area contributed by atoms with Gasteiger partial charge >= 0.3 is 0 Å². The van der Waals surface area contributed by atoms with Crippen LogP contribution in [-0.4, -0.2) is 18.7 Å². The maximum absolute atomic E-state index is 12.9. The van der Waals surface area contributed by atoms with E-state index in [0.29, 0.717) is 23.7 Å². The van der Waals surface area contributed by atoms with Crippen LogP contribution in [0.3, 0.4) is 0 Å². The molecule has 1 aromatic rings. The molecule has 4 nitrogen and oxygen atoms in total. The van der Waals surface area contributed by atoms with Gasteiger partial charge in [-0.25, -0.2) is 0 Å². The molecule has 150 valence electrons. The highest BCUT2D eigenvalue weighted by molar-refractivity contribution is 6.31. The summed E-state index contributed by atoms with van der Waals surface area (Å²) in [6.07, 6.45) is 7.79. The Bertz CT molecular complexity index is 834. The van der Waals surface area contributed by atoms with Crippen molar-refractivity contribution >= 4 is 41.1 Å². The average molecular weight is 421 g/mol. The van der Waals surface area contributed by atoms with Crippen molar-refractivity contribution in [2.75, 3.05) is 12.3 Å². The lowest BCUT2D eigenvalue weighted by molar-refractivity contribution is -0.122. The minimum absolute atomic E-state index is 0.0115. The molecule has 0 aromatic heterocycles. The topological polar surface area (TPSA) is 72.2 Å². The Morgan fingerprint density at radius 2 is 2.04 bits per heavy atom. The fourth-order valence-corrected chi connectivity index (χ4v) is 5.34. The van der Waals surface area contributed by atoms with Crippen molar-refractivity contribution < 1.29 is 9.59 Å². The van der Waals surface area contributed by atoms with E-state index in [4.69, 9.17) is 28.9 Å². The molecule has 1 aliphatic carbocycles. The SMILES string of the molecule is CC(C)[C@@H]1CC(=O)NC[C@H](C2C=CC=C(Cl)C2)[C@]1(C=O)c1ccc(Cl)cc1N. The van der Waals surface area contributed by atoms with Gasteiger partial charge in [0.1, 0.15) is 6.29 Å². The Morgan fingerprint density at radius 3 is 2.64 bits per heavy atom. The Labute approximate surface area is 176 Å². The summed E-state index contributed by atoms with van der Waals surface area (Å²) < 4.78 is 0. The first-order valence-corrected chi connectivity index (χ1v) is 10.4. The van der Waals surface area contributed by atoms with Crippen LogP contribution in [0.15, 0.2) is 41.5 Å². The number of hydrogen-bond donors (Lipinski definition) is 2. The molecule has 1 fully saturated rings. The van der Waals surface area contributed by atoms with Gasteiger partial charge in [-0.2, -0.15) is 0 Å². The third-order valence-corrected chi connectivity index (χ3v) is 6.73. The number of rotatable bonds is 4. The number of nitrogens with one attached hydrogen (secondary N) is 1. The van der Waals surface area contributed by atoms with Gasteiger partial charge in [-0.05, 0) is 53.9 Å². The van der Waals surface area contributed by atoms with E-state index in [-0.39, 0.29) is 36.0 Å². The van der Waals surface area contributed by atoms with E-state index >= 15 is 0 Å². The molecule has 2 aliphatic rings. The van der Waals surface area contributed by atoms with Gasteiger partial charge in [0, 0.05) is 28.7 Å². The molecule has 28 heavy (non-hydrogen) atoms. The summed E-state index contributed by atoms with van der Waals surface area (Å²) in [4.78, 5) is 25.5. The fraction of sp³-hybridized carbons (Fsp3) is 0.455. The van der Waals surface area contributed by atoms with Crippen LogP contribution in [0.2, 0.25) is 5.02 Å². The molecule has 1 unspecified atom stereocenters. The Kier molecular flexibility index (Phi) is 6.21. The number of nitrogens with two attached hydrogens (primary N) is 1. The molecule has 0 radical (unpaired) electrons. The molecular formula is C22H26Cl2N2O2. The Morgan fingerprint density at radius 1 is 1.29 bits per heavy atom. The zero-order valence-electron chi connectivity index (χ0n) is 16.1. The number of halogens is 2. The fourth-order valence-electron chi connectivity index (χ4n) is 4.91. The van der Waals surface area contributed by atoms with Crippen molar-refractivity contribution in [3.05, 3.63) is 52.0 Å². The molecule has 6 heteroatoms. The molecule has 1 saturated heterocycles. The molecule has 0 saturated carbocycles. The van der Waals surface area contributed by atoms with Crippen molar-refractivity contribution in [1.82, 2.24) is 5.32 Å². The van der Waals surface area contributed by atoms with E-state index in [9.17, 15) is 9.59 Å². The second-order valence-corrected chi connectivity index (χ2v) is 9.04. The van der Waals surface area contributed by atoms with E-state index < -0.39 is 5.41 Å². The van der Waals surface area contributed by atoms with Crippen molar-refractivity contribution in [3.8, 4) is 0 Å². The summed E-state index contributed by atoms with van der Waals surface area (Å²) in [5.41, 5.74) is 6.67. The number of amides is 1. The number of hydrogen-bond acceptors (Lipinski definition) is 3. The lowest BCUT2D eigenvalue weighted by Gasteiger charge is -2.46. The quantitative estimate of drug-likeness (QED) is 0.557. The van der Waals surface area contributed by atoms with Gasteiger partial charge in [-0.1, -0.05) is 55.3 Å². The minimum Gasteiger partial charge on any atom is -0.398 e. The minimum atomic E-state index is -0.925. The molecular weight excluding hydrogens is 395 g/mol. The smallest absolute Gasteiger partial charge is 0.220 e. The number of nitrogen functional groups attached to an aromatic ring is 1. The van der Waals surface area contributed by atoms with Crippen molar-refractivity contribution in [2.45, 2.75) is 32.1 Å². The maximum atomic E-state index is 12.9. The molecule has 0 spiro atoms. The molecule has 3 rings (SSSR count). The largest absolute Gasteiger partial charge is 0.398 e. The number of aldehydes is 1. The first-order chi connectivity index (χ1) is 13.3. The first-order valence-electron chi connectivity index (χ1n) is 9.61. The van der Waals surface area contributed by atoms with Gasteiger partial charge in [0.2, 0.25) is 5.91 Å². The standard InChI is InChI=1S/C22H26Cl2N2O2/c1-13(2)18-10-21(28)26-11-19(14-4-3-5-15(23)8-14)22(18,12-27)17-7-6-16(24)9-20(17)25/h3-7,9,12-14,18-19H,8,10-11,25H2,1-2H3,(H,26,28)/t14?,18-,19+,22+/m0/s1. The number of carbonyl (C=O) groups is 2. The van der Waals surface area contributed by atoms with Crippen molar-refractivity contribution in [3.63, 3.8) is 0 Å². The predicted octanol–water partition coefficient (Wildman–Crippen LogP) is 4.47. The molecule has 1 heterocycles. The second kappa shape index (κ2) is 8.30. The van der Waals surface area contributed by atoms with Gasteiger partial charge in [-0.3, -0.25) is 4.79 Å². The summed E-state index contributed by atoms with van der Waals surface area (Å²) >= 11 is 12.5. The number of allylic oxidation sites excluding steroid dienone is 4. The zero-order valence-corrected chi connectivity index (χ0v) is 17.6. The molecule has 1 amide bonds. The summed E-state index contributed by atoms with van der Waals surface area (Å²) in [5.74, 6) is -0.297. The first kappa shape index (κ1) is 20.9.